The Morgan fingerprint density at radius 2 is 1.66 bits per heavy atom. The minimum Gasteiger partial charge on any atom is -0.355 e. The molecule has 1 heterocycles. The van der Waals surface area contributed by atoms with E-state index in [-0.39, 0.29) is 21.2 Å². The molecule has 0 unspecified atom stereocenters. The van der Waals surface area contributed by atoms with Crippen molar-refractivity contribution in [3.8, 4) is 0 Å². The monoisotopic (exact) mass is 565 g/mol. The van der Waals surface area contributed by atoms with E-state index in [0.717, 1.165) is 24.4 Å². The van der Waals surface area contributed by atoms with Gasteiger partial charge in [-0.05, 0) is 36.4 Å². The number of hydrogen-bond acceptors (Lipinski definition) is 5. The maximum atomic E-state index is 13.2. The van der Waals surface area contributed by atoms with Crippen LogP contribution in [0.15, 0.2) is 53.6 Å². The molecule has 35 heavy (non-hydrogen) atoms. The highest BCUT2D eigenvalue weighted by atomic mass is 35.5. The quantitative estimate of drug-likeness (QED) is 0.386. The van der Waals surface area contributed by atoms with Crippen molar-refractivity contribution >= 4 is 62.2 Å². The first kappa shape index (κ1) is 26.7. The highest BCUT2D eigenvalue weighted by Gasteiger charge is 2.35. The van der Waals surface area contributed by atoms with Gasteiger partial charge < -0.3 is 5.32 Å². The molecule has 1 amide bonds. The lowest BCUT2D eigenvalue weighted by Crippen LogP contribution is -2.20. The molecule has 0 aliphatic rings. The Hall–Kier alpha value is -2.86. The zero-order valence-corrected chi connectivity index (χ0v) is 20.5. The van der Waals surface area contributed by atoms with Crippen LogP contribution in [0.1, 0.15) is 32.0 Å². The largest absolute Gasteiger partial charge is 0.417 e. The van der Waals surface area contributed by atoms with Gasteiger partial charge in [0.2, 0.25) is 5.78 Å². The summed E-state index contributed by atoms with van der Waals surface area (Å²) in [5, 5.41) is 1.39. The highest BCUT2D eigenvalue weighted by molar-refractivity contribution is 7.92. The summed E-state index contributed by atoms with van der Waals surface area (Å²) in [4.78, 5) is 28.3. The fourth-order valence-corrected chi connectivity index (χ4v) is 4.70. The molecule has 184 valence electrons. The lowest BCUT2D eigenvalue weighted by atomic mass is 10.0. The van der Waals surface area contributed by atoms with Gasteiger partial charge >= 0.3 is 6.18 Å². The predicted octanol–water partition coefficient (Wildman–Crippen LogP) is 5.45. The Morgan fingerprint density at radius 3 is 2.29 bits per heavy atom. The maximum absolute atomic E-state index is 13.2. The summed E-state index contributed by atoms with van der Waals surface area (Å²) in [6.07, 6.45) is -3.85. The smallest absolute Gasteiger partial charge is 0.355 e. The van der Waals surface area contributed by atoms with E-state index in [1.165, 1.54) is 25.2 Å². The lowest BCUT2D eigenvalue weighted by molar-refractivity contribution is -0.137. The predicted molar refractivity (Wildman–Crippen MR) is 125 cm³/mol. The van der Waals surface area contributed by atoms with Crippen LogP contribution in [0, 0.1) is 0 Å². The Labute approximate surface area is 212 Å². The molecule has 0 saturated heterocycles. The molecule has 0 aliphatic carbocycles. The molecule has 0 spiro atoms. The van der Waals surface area contributed by atoms with E-state index in [9.17, 15) is 31.2 Å². The molecule has 2 aromatic carbocycles. The summed E-state index contributed by atoms with van der Waals surface area (Å²) in [6, 6.07) is 7.10. The SMILES string of the molecule is CNC(=O)c1cccc(C(=O)c2ncc(Cl)cc2NS(=O)(=O)c2ccc(Cl)c(C(F)(F)F)c2)c1Cl. The molecule has 0 aliphatic heterocycles. The average molecular weight is 567 g/mol. The van der Waals surface area contributed by atoms with Crippen molar-refractivity contribution in [3.05, 3.63) is 86.1 Å². The van der Waals surface area contributed by atoms with Gasteiger partial charge in [-0.3, -0.25) is 14.3 Å². The average Bonchev–Trinajstić information content (AvgIpc) is 2.77. The number of carbonyl (C=O) groups excluding carboxylic acids is 2. The van der Waals surface area contributed by atoms with Crippen LogP contribution in [0.2, 0.25) is 15.1 Å². The number of carbonyl (C=O) groups is 2. The van der Waals surface area contributed by atoms with Crippen LogP contribution >= 0.6 is 34.8 Å². The van der Waals surface area contributed by atoms with Crippen molar-refractivity contribution in [2.45, 2.75) is 11.1 Å². The normalized spacial score (nSPS) is 11.7. The van der Waals surface area contributed by atoms with Crippen LogP contribution in [-0.4, -0.2) is 32.1 Å². The fourth-order valence-electron chi connectivity index (χ4n) is 2.94. The van der Waals surface area contributed by atoms with Crippen LogP contribution in [0.4, 0.5) is 18.9 Å². The summed E-state index contributed by atoms with van der Waals surface area (Å²) >= 11 is 17.7. The molecule has 0 fully saturated rings. The summed E-state index contributed by atoms with van der Waals surface area (Å²) < 4.78 is 67.4. The molecule has 0 bridgehead atoms. The summed E-state index contributed by atoms with van der Waals surface area (Å²) in [5.74, 6) is -1.44. The third kappa shape index (κ3) is 5.69. The second kappa shape index (κ2) is 10.0. The standard InChI is InChI=1S/C21H13Cl3F3N3O4S/c1-28-20(32)13-4-2-3-12(17(13)24)19(31)18-16(7-10(22)9-29-18)30-35(33,34)11-5-6-15(23)14(8-11)21(25,26)27/h2-9,30H,1H3,(H,28,32). The number of benzene rings is 2. The number of alkyl halides is 3. The number of halogens is 6. The van der Waals surface area contributed by atoms with E-state index in [4.69, 9.17) is 34.8 Å². The number of ketones is 1. The lowest BCUT2D eigenvalue weighted by Gasteiger charge is -2.15. The molecule has 3 rings (SSSR count). The first-order valence-electron chi connectivity index (χ1n) is 9.36. The van der Waals surface area contributed by atoms with Gasteiger partial charge in [-0.1, -0.05) is 40.9 Å². The third-order valence-corrected chi connectivity index (χ3v) is 6.89. The first-order chi connectivity index (χ1) is 16.3. The number of pyridine rings is 1. The Kier molecular flexibility index (Phi) is 7.65. The molecule has 0 saturated carbocycles. The van der Waals surface area contributed by atoms with E-state index < -0.39 is 54.8 Å². The number of nitrogens with one attached hydrogen (secondary N) is 2. The van der Waals surface area contributed by atoms with Gasteiger partial charge in [0.1, 0.15) is 5.69 Å². The first-order valence-corrected chi connectivity index (χ1v) is 12.0. The van der Waals surface area contributed by atoms with Crippen LogP contribution in [0.3, 0.4) is 0 Å². The Bertz CT molecular complexity index is 1450. The van der Waals surface area contributed by atoms with Gasteiger partial charge in [0, 0.05) is 18.8 Å². The molecule has 0 atom stereocenters. The summed E-state index contributed by atoms with van der Waals surface area (Å²) in [6.45, 7) is 0. The second-order valence-corrected chi connectivity index (χ2v) is 9.77. The number of hydrogen-bond donors (Lipinski definition) is 2. The van der Waals surface area contributed by atoms with Gasteiger partial charge in [0.15, 0.2) is 0 Å². The van der Waals surface area contributed by atoms with Crippen LogP contribution in [0.5, 0.6) is 0 Å². The highest BCUT2D eigenvalue weighted by Crippen LogP contribution is 2.36. The molecule has 14 heteroatoms. The van der Waals surface area contributed by atoms with E-state index in [1.54, 1.807) is 0 Å². The molecule has 7 nitrogen and oxygen atoms in total. The van der Waals surface area contributed by atoms with Gasteiger partial charge in [0.05, 0.1) is 36.8 Å². The minimum absolute atomic E-state index is 0.0167. The van der Waals surface area contributed by atoms with Gasteiger partial charge in [-0.25, -0.2) is 13.4 Å². The van der Waals surface area contributed by atoms with E-state index in [1.807, 2.05) is 4.72 Å². The molecule has 3 aromatic rings. The Morgan fingerprint density at radius 1 is 1.00 bits per heavy atom. The number of aromatic nitrogens is 1. The summed E-state index contributed by atoms with van der Waals surface area (Å²) in [7, 11) is -3.30. The molecule has 2 N–H and O–H groups in total. The van der Waals surface area contributed by atoms with E-state index in [0.29, 0.717) is 6.07 Å². The van der Waals surface area contributed by atoms with Gasteiger partial charge in [-0.15, -0.1) is 0 Å². The molecule has 1 aromatic heterocycles. The number of sulfonamides is 1. The van der Waals surface area contributed by atoms with E-state index in [2.05, 4.69) is 10.3 Å². The number of amides is 1. The van der Waals surface area contributed by atoms with E-state index >= 15 is 0 Å². The van der Waals surface area contributed by atoms with Crippen molar-refractivity contribution in [3.63, 3.8) is 0 Å². The second-order valence-electron chi connectivity index (χ2n) is 6.87. The van der Waals surface area contributed by atoms with Gasteiger partial charge in [0.25, 0.3) is 15.9 Å². The van der Waals surface area contributed by atoms with Gasteiger partial charge in [-0.2, -0.15) is 13.2 Å². The van der Waals surface area contributed by atoms with Crippen molar-refractivity contribution in [2.75, 3.05) is 11.8 Å². The van der Waals surface area contributed by atoms with Crippen LogP contribution in [-0.2, 0) is 16.2 Å². The third-order valence-electron chi connectivity index (χ3n) is 4.58. The minimum atomic E-state index is -4.91. The molecular formula is C21H13Cl3F3N3O4S. The summed E-state index contributed by atoms with van der Waals surface area (Å²) in [5.41, 5.74) is -2.43. The Balaban J connectivity index is 2.08. The van der Waals surface area contributed by atoms with Crippen LogP contribution < -0.4 is 10.0 Å². The molecule has 0 radical (unpaired) electrons. The topological polar surface area (TPSA) is 105 Å². The fraction of sp³-hybridized carbons (Fsp3) is 0.0952. The van der Waals surface area contributed by atoms with Crippen LogP contribution in [0.25, 0.3) is 0 Å². The number of anilines is 1. The van der Waals surface area contributed by atoms with Crippen molar-refractivity contribution in [1.29, 1.82) is 0 Å². The van der Waals surface area contributed by atoms with Crippen molar-refractivity contribution in [2.24, 2.45) is 0 Å². The molecular weight excluding hydrogens is 554 g/mol. The zero-order valence-electron chi connectivity index (χ0n) is 17.4. The zero-order chi connectivity index (χ0) is 26.1. The maximum Gasteiger partial charge on any atom is 0.417 e. The van der Waals surface area contributed by atoms with Crippen molar-refractivity contribution in [1.82, 2.24) is 10.3 Å². The van der Waals surface area contributed by atoms with Crippen molar-refractivity contribution < 1.29 is 31.2 Å². The number of rotatable bonds is 6. The number of nitrogens with zero attached hydrogens (tertiary/aromatic N) is 1.